The summed E-state index contributed by atoms with van der Waals surface area (Å²) in [6.45, 7) is 11.4. The number of nitro benzene ring substituents is 1. The van der Waals surface area contributed by atoms with Gasteiger partial charge in [-0.05, 0) is 44.5 Å². The normalized spacial score (nSPS) is 20.0. The number of halogens is 1. The number of likely N-dealkylation sites (N-methyl/N-ethyl adjacent to an activating group) is 1. The van der Waals surface area contributed by atoms with Crippen LogP contribution in [0.2, 0.25) is 0 Å². The maximum Gasteiger partial charge on any atom is 0.269 e. The van der Waals surface area contributed by atoms with Crippen LogP contribution in [-0.2, 0) is 11.3 Å². The molecule has 2 aliphatic rings. The Morgan fingerprint density at radius 1 is 1.22 bits per heavy atom. The van der Waals surface area contributed by atoms with Crippen LogP contribution in [0.25, 0.3) is 0 Å². The third-order valence-corrected chi connectivity index (χ3v) is 6.02. The highest BCUT2D eigenvalue weighted by atomic mass is 127. The maximum absolute atomic E-state index is 10.8. The van der Waals surface area contributed by atoms with Gasteiger partial charge in [0.25, 0.3) is 5.69 Å². The van der Waals surface area contributed by atoms with E-state index in [1.807, 2.05) is 0 Å². The van der Waals surface area contributed by atoms with Crippen LogP contribution < -0.4 is 10.6 Å². The van der Waals surface area contributed by atoms with Crippen LogP contribution in [0.5, 0.6) is 0 Å². The average molecular weight is 560 g/mol. The molecule has 1 atom stereocenters. The number of nitrogens with one attached hydrogen (secondary N) is 2. The van der Waals surface area contributed by atoms with Gasteiger partial charge in [0.05, 0.1) is 24.7 Å². The first kappa shape index (κ1) is 26.7. The van der Waals surface area contributed by atoms with Crippen molar-refractivity contribution in [2.75, 3.05) is 59.0 Å². The number of guanidine groups is 1. The molecule has 0 amide bonds. The van der Waals surface area contributed by atoms with Crippen molar-refractivity contribution in [2.24, 2.45) is 4.99 Å². The Morgan fingerprint density at radius 2 is 1.97 bits per heavy atom. The number of non-ortho nitro benzene ring substituents is 1. The number of hydrogen-bond acceptors (Lipinski definition) is 6. The standard InChI is InChI=1S/C22H36N6O3.HI/c1-2-27-12-3-5-21(27)18-25-22(23-10-4-11-26-13-15-31-16-14-26)24-17-19-6-8-20(9-7-19)28(29)30;/h6-9,21H,2-5,10-18H2,1H3,(H2,23,24,25);1H. The van der Waals surface area contributed by atoms with Crippen molar-refractivity contribution in [2.45, 2.75) is 38.8 Å². The molecule has 0 spiro atoms. The Labute approximate surface area is 208 Å². The van der Waals surface area contributed by atoms with E-state index in [-0.39, 0.29) is 34.6 Å². The topological polar surface area (TPSA) is 95.3 Å². The number of hydrogen-bond donors (Lipinski definition) is 2. The van der Waals surface area contributed by atoms with Gasteiger partial charge in [0.1, 0.15) is 0 Å². The third kappa shape index (κ3) is 8.80. The van der Waals surface area contributed by atoms with Crippen molar-refractivity contribution >= 4 is 35.6 Å². The quantitative estimate of drug-likeness (QED) is 0.113. The van der Waals surface area contributed by atoms with E-state index in [1.165, 1.54) is 31.5 Å². The Bertz CT molecular complexity index is 712. The number of nitro groups is 1. The first-order valence-corrected chi connectivity index (χ1v) is 11.5. The van der Waals surface area contributed by atoms with E-state index < -0.39 is 0 Å². The lowest BCUT2D eigenvalue weighted by Crippen LogP contribution is -2.45. The van der Waals surface area contributed by atoms with Crippen LogP contribution in [0.4, 0.5) is 5.69 Å². The summed E-state index contributed by atoms with van der Waals surface area (Å²) in [5, 5.41) is 17.8. The summed E-state index contributed by atoms with van der Waals surface area (Å²) < 4.78 is 5.41. The summed E-state index contributed by atoms with van der Waals surface area (Å²) in [7, 11) is 0. The van der Waals surface area contributed by atoms with E-state index in [0.29, 0.717) is 12.6 Å². The first-order chi connectivity index (χ1) is 15.2. The molecular weight excluding hydrogens is 523 g/mol. The molecule has 32 heavy (non-hydrogen) atoms. The van der Waals surface area contributed by atoms with Gasteiger partial charge in [-0.1, -0.05) is 19.1 Å². The van der Waals surface area contributed by atoms with Crippen molar-refractivity contribution in [3.63, 3.8) is 0 Å². The van der Waals surface area contributed by atoms with Crippen molar-refractivity contribution in [3.05, 3.63) is 39.9 Å². The van der Waals surface area contributed by atoms with Gasteiger partial charge < -0.3 is 15.4 Å². The zero-order chi connectivity index (χ0) is 21.9. The van der Waals surface area contributed by atoms with E-state index in [2.05, 4.69) is 27.4 Å². The maximum atomic E-state index is 10.8. The molecular formula is C22H37IN6O3. The summed E-state index contributed by atoms with van der Waals surface area (Å²) in [5.41, 5.74) is 1.06. The van der Waals surface area contributed by atoms with E-state index >= 15 is 0 Å². The number of nitrogens with zero attached hydrogens (tertiary/aromatic N) is 4. The molecule has 9 nitrogen and oxygen atoms in total. The Kier molecular flexibility index (Phi) is 12.2. The number of ether oxygens (including phenoxy) is 1. The molecule has 2 aliphatic heterocycles. The second-order valence-corrected chi connectivity index (χ2v) is 8.13. The van der Waals surface area contributed by atoms with Crippen LogP contribution in [0.3, 0.4) is 0 Å². The van der Waals surface area contributed by atoms with E-state index in [9.17, 15) is 10.1 Å². The minimum Gasteiger partial charge on any atom is -0.379 e. The molecule has 2 N–H and O–H groups in total. The molecule has 3 rings (SSSR count). The minimum atomic E-state index is -0.378. The molecule has 2 saturated heterocycles. The highest BCUT2D eigenvalue weighted by Gasteiger charge is 2.22. The van der Waals surface area contributed by atoms with E-state index in [4.69, 9.17) is 9.73 Å². The largest absolute Gasteiger partial charge is 0.379 e. The van der Waals surface area contributed by atoms with Crippen molar-refractivity contribution in [1.82, 2.24) is 20.4 Å². The molecule has 1 aromatic carbocycles. The fourth-order valence-corrected chi connectivity index (χ4v) is 4.16. The van der Waals surface area contributed by atoms with Gasteiger partial charge >= 0.3 is 0 Å². The zero-order valence-corrected chi connectivity index (χ0v) is 21.3. The monoisotopic (exact) mass is 560 g/mol. The fraction of sp³-hybridized carbons (Fsp3) is 0.682. The smallest absolute Gasteiger partial charge is 0.269 e. The summed E-state index contributed by atoms with van der Waals surface area (Å²) >= 11 is 0. The molecule has 0 saturated carbocycles. The average Bonchev–Trinajstić information content (AvgIpc) is 3.26. The van der Waals surface area contributed by atoms with Crippen LogP contribution in [0.1, 0.15) is 31.7 Å². The van der Waals surface area contributed by atoms with Crippen LogP contribution in [0, 0.1) is 10.1 Å². The molecule has 1 unspecified atom stereocenters. The lowest BCUT2D eigenvalue weighted by atomic mass is 10.2. The van der Waals surface area contributed by atoms with Gasteiger partial charge in [0.2, 0.25) is 0 Å². The van der Waals surface area contributed by atoms with Crippen LogP contribution in [-0.4, -0.2) is 85.8 Å². The van der Waals surface area contributed by atoms with E-state index in [1.54, 1.807) is 12.1 Å². The summed E-state index contributed by atoms with van der Waals surface area (Å²) in [5.74, 6) is 0.809. The van der Waals surface area contributed by atoms with Crippen molar-refractivity contribution < 1.29 is 9.66 Å². The minimum absolute atomic E-state index is 0. The number of rotatable bonds is 10. The number of benzene rings is 1. The van der Waals surface area contributed by atoms with Gasteiger partial charge in [-0.3, -0.25) is 19.9 Å². The van der Waals surface area contributed by atoms with Crippen LogP contribution in [0.15, 0.2) is 29.3 Å². The molecule has 0 aromatic heterocycles. The summed E-state index contributed by atoms with van der Waals surface area (Å²) in [6, 6.07) is 7.15. The molecule has 2 heterocycles. The number of aliphatic imine (C=N–C) groups is 1. The van der Waals surface area contributed by atoms with Crippen LogP contribution >= 0.6 is 24.0 Å². The first-order valence-electron chi connectivity index (χ1n) is 11.5. The predicted molar refractivity (Wildman–Crippen MR) is 138 cm³/mol. The molecule has 1 aromatic rings. The SMILES string of the molecule is CCN1CCCC1CNC(=NCc1ccc([N+](=O)[O-])cc1)NCCCN1CCOCC1.I. The highest BCUT2D eigenvalue weighted by Crippen LogP contribution is 2.15. The zero-order valence-electron chi connectivity index (χ0n) is 19.0. The van der Waals surface area contributed by atoms with E-state index in [0.717, 1.165) is 70.4 Å². The fourth-order valence-electron chi connectivity index (χ4n) is 4.16. The van der Waals surface area contributed by atoms with Gasteiger partial charge in [0, 0.05) is 44.4 Å². The molecule has 0 radical (unpaired) electrons. The Hall–Kier alpha value is -1.50. The molecule has 10 heteroatoms. The summed E-state index contributed by atoms with van der Waals surface area (Å²) in [6.07, 6.45) is 3.51. The molecule has 2 fully saturated rings. The Balaban J connectivity index is 0.00000363. The van der Waals surface area contributed by atoms with Gasteiger partial charge in [-0.25, -0.2) is 4.99 Å². The lowest BCUT2D eigenvalue weighted by Gasteiger charge is -2.27. The molecule has 0 aliphatic carbocycles. The third-order valence-electron chi connectivity index (χ3n) is 6.02. The Morgan fingerprint density at radius 3 is 2.66 bits per heavy atom. The highest BCUT2D eigenvalue weighted by molar-refractivity contribution is 14.0. The van der Waals surface area contributed by atoms with Crippen molar-refractivity contribution in [1.29, 1.82) is 0 Å². The van der Waals surface area contributed by atoms with Gasteiger partial charge in [-0.2, -0.15) is 0 Å². The lowest BCUT2D eigenvalue weighted by molar-refractivity contribution is -0.384. The molecule has 0 bridgehead atoms. The molecule has 180 valence electrons. The van der Waals surface area contributed by atoms with Crippen molar-refractivity contribution in [3.8, 4) is 0 Å². The number of likely N-dealkylation sites (tertiary alicyclic amines) is 1. The van der Waals surface area contributed by atoms with Gasteiger partial charge in [0.15, 0.2) is 5.96 Å². The van der Waals surface area contributed by atoms with Gasteiger partial charge in [-0.15, -0.1) is 24.0 Å². The summed E-state index contributed by atoms with van der Waals surface area (Å²) in [4.78, 5) is 20.2. The second kappa shape index (κ2) is 14.6. The predicted octanol–water partition coefficient (Wildman–Crippen LogP) is 2.45. The number of morpholine rings is 1. The second-order valence-electron chi connectivity index (χ2n) is 8.13.